The molecule has 2 aliphatic heterocycles. The van der Waals surface area contributed by atoms with Crippen molar-refractivity contribution in [2.45, 2.75) is 32.0 Å². The van der Waals surface area contributed by atoms with Crippen molar-refractivity contribution in [1.82, 2.24) is 4.98 Å². The number of fused-ring (bicyclic) bond motifs is 1. The summed E-state index contributed by atoms with van der Waals surface area (Å²) in [5.41, 5.74) is 1.02. The van der Waals surface area contributed by atoms with E-state index in [1.807, 2.05) is 6.07 Å². The number of halogens is 1. The van der Waals surface area contributed by atoms with E-state index >= 15 is 0 Å². The number of nitrogens with one attached hydrogen (secondary N) is 1. The normalized spacial score (nSPS) is 17.9. The third-order valence-corrected chi connectivity index (χ3v) is 4.58. The molecule has 0 saturated carbocycles. The minimum absolute atomic E-state index is 0.121. The molecule has 0 aliphatic carbocycles. The van der Waals surface area contributed by atoms with Crippen LogP contribution in [0.15, 0.2) is 24.3 Å². The number of anilines is 2. The van der Waals surface area contributed by atoms with Gasteiger partial charge in [-0.1, -0.05) is 0 Å². The molecule has 1 aromatic heterocycles. The molecule has 0 amide bonds. The molecule has 0 spiro atoms. The van der Waals surface area contributed by atoms with Gasteiger partial charge in [0.1, 0.15) is 17.7 Å². The second kappa shape index (κ2) is 8.42. The van der Waals surface area contributed by atoms with E-state index in [1.165, 1.54) is 6.07 Å². The molecule has 146 valence electrons. The molecule has 4 rings (SSSR count). The molecule has 0 radical (unpaired) electrons. The Balaban J connectivity index is 1.47. The first-order valence-electron chi connectivity index (χ1n) is 9.22. The fraction of sp³-hybridized carbons (Fsp3) is 0.400. The lowest BCUT2D eigenvalue weighted by molar-refractivity contribution is -0.161. The van der Waals surface area contributed by atoms with Crippen molar-refractivity contribution in [3.05, 3.63) is 41.3 Å². The molecule has 1 N–H and O–H groups in total. The minimum Gasteiger partial charge on any atom is -0.454 e. The number of benzene rings is 1. The van der Waals surface area contributed by atoms with Crippen LogP contribution < -0.4 is 14.8 Å². The zero-order valence-electron chi connectivity index (χ0n) is 15.2. The van der Waals surface area contributed by atoms with Gasteiger partial charge < -0.3 is 24.3 Å². The Morgan fingerprint density at radius 3 is 2.96 bits per heavy atom. The average molecular weight is 385 g/mol. The highest BCUT2D eigenvalue weighted by Crippen LogP contribution is 2.35. The fourth-order valence-electron chi connectivity index (χ4n) is 3.12. The average Bonchev–Trinajstić information content (AvgIpc) is 3.18. The van der Waals surface area contributed by atoms with Crippen LogP contribution in [0, 0.1) is 17.1 Å². The van der Waals surface area contributed by atoms with Crippen molar-refractivity contribution in [3.63, 3.8) is 0 Å². The molecule has 1 saturated heterocycles. The Bertz CT molecular complexity index is 894. The third-order valence-electron chi connectivity index (χ3n) is 4.58. The molecule has 7 nitrogen and oxygen atoms in total. The standard InChI is InChI=1S/C20H20FN3O4/c21-15-9-13(11-22)20(23-14-4-5-17-18(10-14)28-12-27-17)24-16(15)6-8-26-19-3-1-2-7-25-19/h4-5,9-10,19H,1-3,6-8,12H2,(H,23,24). The summed E-state index contributed by atoms with van der Waals surface area (Å²) in [6, 6.07) is 8.45. The van der Waals surface area contributed by atoms with Crippen molar-refractivity contribution in [2.24, 2.45) is 0 Å². The minimum atomic E-state index is -0.527. The number of hydrogen-bond donors (Lipinski definition) is 1. The summed E-state index contributed by atoms with van der Waals surface area (Å²) in [6.07, 6.45) is 3.01. The van der Waals surface area contributed by atoms with Crippen molar-refractivity contribution in [3.8, 4) is 17.6 Å². The molecule has 2 aliphatic rings. The zero-order valence-corrected chi connectivity index (χ0v) is 15.2. The first kappa shape index (κ1) is 18.5. The van der Waals surface area contributed by atoms with E-state index in [0.29, 0.717) is 30.4 Å². The van der Waals surface area contributed by atoms with Gasteiger partial charge in [0.05, 0.1) is 17.9 Å². The molecular weight excluding hydrogens is 365 g/mol. The SMILES string of the molecule is N#Cc1cc(F)c(CCOC2CCCCO2)nc1Nc1ccc2c(c1)OCO2. The molecule has 1 unspecified atom stereocenters. The van der Waals surface area contributed by atoms with Crippen LogP contribution in [-0.2, 0) is 15.9 Å². The van der Waals surface area contributed by atoms with E-state index in [0.717, 1.165) is 19.3 Å². The summed E-state index contributed by atoms with van der Waals surface area (Å²) in [5, 5.41) is 12.4. The molecule has 2 aromatic rings. The van der Waals surface area contributed by atoms with Gasteiger partial charge >= 0.3 is 0 Å². The van der Waals surface area contributed by atoms with Gasteiger partial charge in [0, 0.05) is 24.8 Å². The van der Waals surface area contributed by atoms with E-state index in [-0.39, 0.29) is 36.6 Å². The van der Waals surface area contributed by atoms with E-state index in [4.69, 9.17) is 18.9 Å². The number of hydrogen-bond acceptors (Lipinski definition) is 7. The van der Waals surface area contributed by atoms with Crippen LogP contribution in [0.2, 0.25) is 0 Å². The van der Waals surface area contributed by atoms with Gasteiger partial charge in [0.15, 0.2) is 17.8 Å². The van der Waals surface area contributed by atoms with E-state index in [9.17, 15) is 9.65 Å². The van der Waals surface area contributed by atoms with Gasteiger partial charge in [0.2, 0.25) is 6.79 Å². The van der Waals surface area contributed by atoms with Crippen LogP contribution >= 0.6 is 0 Å². The molecule has 1 fully saturated rings. The predicted octanol–water partition coefficient (Wildman–Crippen LogP) is 3.65. The van der Waals surface area contributed by atoms with Gasteiger partial charge in [-0.15, -0.1) is 0 Å². The first-order chi connectivity index (χ1) is 13.7. The Labute approximate surface area is 162 Å². The highest BCUT2D eigenvalue weighted by atomic mass is 19.1. The quantitative estimate of drug-likeness (QED) is 0.812. The maximum absolute atomic E-state index is 14.3. The first-order valence-corrected chi connectivity index (χ1v) is 9.22. The van der Waals surface area contributed by atoms with Gasteiger partial charge in [-0.2, -0.15) is 5.26 Å². The fourth-order valence-corrected chi connectivity index (χ4v) is 3.12. The maximum Gasteiger partial charge on any atom is 0.231 e. The van der Waals surface area contributed by atoms with Gasteiger partial charge in [-0.05, 0) is 37.5 Å². The number of nitrogens with zero attached hydrogens (tertiary/aromatic N) is 2. The lowest BCUT2D eigenvalue weighted by atomic mass is 10.2. The summed E-state index contributed by atoms with van der Waals surface area (Å²) in [5.74, 6) is 1.01. The van der Waals surface area contributed by atoms with Crippen LogP contribution in [0.1, 0.15) is 30.5 Å². The second-order valence-electron chi connectivity index (χ2n) is 6.53. The van der Waals surface area contributed by atoms with Crippen molar-refractivity contribution in [2.75, 3.05) is 25.3 Å². The largest absolute Gasteiger partial charge is 0.454 e. The number of rotatable bonds is 6. The maximum atomic E-state index is 14.3. The summed E-state index contributed by atoms with van der Waals surface area (Å²) in [4.78, 5) is 4.31. The number of ether oxygens (including phenoxy) is 4. The molecule has 1 atom stereocenters. The van der Waals surface area contributed by atoms with Crippen molar-refractivity contribution in [1.29, 1.82) is 5.26 Å². The molecule has 0 bridgehead atoms. The van der Waals surface area contributed by atoms with E-state index in [2.05, 4.69) is 10.3 Å². The highest BCUT2D eigenvalue weighted by molar-refractivity contribution is 5.66. The van der Waals surface area contributed by atoms with E-state index < -0.39 is 5.82 Å². The van der Waals surface area contributed by atoms with E-state index in [1.54, 1.807) is 18.2 Å². The number of nitriles is 1. The summed E-state index contributed by atoms with van der Waals surface area (Å²) in [7, 11) is 0. The second-order valence-corrected chi connectivity index (χ2v) is 6.53. The lowest BCUT2D eigenvalue weighted by Crippen LogP contribution is -2.23. The van der Waals surface area contributed by atoms with Gasteiger partial charge in [0.25, 0.3) is 0 Å². The van der Waals surface area contributed by atoms with Crippen LogP contribution in [0.25, 0.3) is 0 Å². The van der Waals surface area contributed by atoms with Gasteiger partial charge in [-0.3, -0.25) is 0 Å². The van der Waals surface area contributed by atoms with Crippen LogP contribution in [-0.4, -0.2) is 31.3 Å². The Hall–Kier alpha value is -2.89. The summed E-state index contributed by atoms with van der Waals surface area (Å²) >= 11 is 0. The number of aromatic nitrogens is 1. The van der Waals surface area contributed by atoms with Crippen molar-refractivity contribution >= 4 is 11.5 Å². The molecule has 3 heterocycles. The predicted molar refractivity (Wildman–Crippen MR) is 98.0 cm³/mol. The molecule has 8 heteroatoms. The Morgan fingerprint density at radius 2 is 2.14 bits per heavy atom. The number of pyridine rings is 1. The van der Waals surface area contributed by atoms with Crippen LogP contribution in [0.3, 0.4) is 0 Å². The lowest BCUT2D eigenvalue weighted by Gasteiger charge is -2.22. The van der Waals surface area contributed by atoms with Crippen LogP contribution in [0.5, 0.6) is 11.5 Å². The highest BCUT2D eigenvalue weighted by Gasteiger charge is 2.17. The summed E-state index contributed by atoms with van der Waals surface area (Å²) < 4.78 is 36.1. The molecular formula is C20H20FN3O4. The molecule has 28 heavy (non-hydrogen) atoms. The Kier molecular flexibility index (Phi) is 5.55. The monoisotopic (exact) mass is 385 g/mol. The smallest absolute Gasteiger partial charge is 0.231 e. The topological polar surface area (TPSA) is 85.6 Å². The Morgan fingerprint density at radius 1 is 1.25 bits per heavy atom. The molecule has 1 aromatic carbocycles. The van der Waals surface area contributed by atoms with Gasteiger partial charge in [-0.25, -0.2) is 9.37 Å². The summed E-state index contributed by atoms with van der Waals surface area (Å²) in [6.45, 7) is 1.16. The third kappa shape index (κ3) is 4.16. The van der Waals surface area contributed by atoms with Crippen molar-refractivity contribution < 1.29 is 23.3 Å². The zero-order chi connectivity index (χ0) is 19.3. The van der Waals surface area contributed by atoms with Crippen LogP contribution in [0.4, 0.5) is 15.9 Å².